The van der Waals surface area contributed by atoms with Gasteiger partial charge in [0, 0.05) is 12.7 Å². The highest BCUT2D eigenvalue weighted by atomic mass is 32.2. The minimum absolute atomic E-state index is 0.256. The molecule has 2 aromatic heterocycles. The van der Waals surface area contributed by atoms with Gasteiger partial charge in [-0.2, -0.15) is 0 Å². The number of pyridine rings is 1. The quantitative estimate of drug-likeness (QED) is 0.855. The lowest BCUT2D eigenvalue weighted by atomic mass is 10.2. The van der Waals surface area contributed by atoms with E-state index in [4.69, 9.17) is 9.88 Å². The van der Waals surface area contributed by atoms with E-state index in [9.17, 15) is 8.42 Å². The van der Waals surface area contributed by atoms with E-state index in [1.54, 1.807) is 12.3 Å². The maximum atomic E-state index is 11.5. The molecular weight excluding hydrogens is 282 g/mol. The first-order valence-electron chi connectivity index (χ1n) is 5.93. The monoisotopic (exact) mass is 297 g/mol. The molecule has 0 unspecified atom stereocenters. The SMILES string of the molecule is CCCn1c(-c2ccncc2OC)nnc1S(N)(=O)=O. The molecule has 0 saturated carbocycles. The zero-order valence-electron chi connectivity index (χ0n) is 11.1. The first-order valence-corrected chi connectivity index (χ1v) is 7.48. The average Bonchev–Trinajstić information content (AvgIpc) is 2.82. The molecular formula is C11H15N5O3S. The summed E-state index contributed by atoms with van der Waals surface area (Å²) in [6, 6.07) is 1.68. The van der Waals surface area contributed by atoms with Crippen molar-refractivity contribution in [1.29, 1.82) is 0 Å². The lowest BCUT2D eigenvalue weighted by Crippen LogP contribution is -2.19. The van der Waals surface area contributed by atoms with E-state index < -0.39 is 10.0 Å². The fourth-order valence-corrected chi connectivity index (χ4v) is 2.49. The molecule has 8 nitrogen and oxygen atoms in total. The van der Waals surface area contributed by atoms with E-state index in [0.29, 0.717) is 30.1 Å². The molecule has 0 radical (unpaired) electrons. The molecule has 0 aliphatic rings. The molecule has 0 bridgehead atoms. The Morgan fingerprint density at radius 2 is 2.15 bits per heavy atom. The van der Waals surface area contributed by atoms with Crippen molar-refractivity contribution in [1.82, 2.24) is 19.7 Å². The molecule has 0 aliphatic carbocycles. The Balaban J connectivity index is 2.66. The van der Waals surface area contributed by atoms with E-state index in [1.807, 2.05) is 6.92 Å². The van der Waals surface area contributed by atoms with Crippen LogP contribution < -0.4 is 9.88 Å². The zero-order valence-corrected chi connectivity index (χ0v) is 12.0. The first-order chi connectivity index (χ1) is 9.49. The largest absolute Gasteiger partial charge is 0.494 e. The van der Waals surface area contributed by atoms with Gasteiger partial charge >= 0.3 is 0 Å². The van der Waals surface area contributed by atoms with Gasteiger partial charge in [0.05, 0.1) is 18.9 Å². The summed E-state index contributed by atoms with van der Waals surface area (Å²) in [4.78, 5) is 3.95. The average molecular weight is 297 g/mol. The van der Waals surface area contributed by atoms with Gasteiger partial charge in [-0.05, 0) is 12.5 Å². The number of rotatable bonds is 5. The summed E-state index contributed by atoms with van der Waals surface area (Å²) in [5.41, 5.74) is 0.610. The number of methoxy groups -OCH3 is 1. The summed E-state index contributed by atoms with van der Waals surface area (Å²) < 4.78 is 29.7. The van der Waals surface area contributed by atoms with Crippen molar-refractivity contribution < 1.29 is 13.2 Å². The van der Waals surface area contributed by atoms with Gasteiger partial charge in [-0.1, -0.05) is 6.92 Å². The molecule has 2 heterocycles. The van der Waals surface area contributed by atoms with Crippen LogP contribution in [-0.2, 0) is 16.6 Å². The Hall–Kier alpha value is -2.00. The summed E-state index contributed by atoms with van der Waals surface area (Å²) >= 11 is 0. The predicted molar refractivity (Wildman–Crippen MR) is 71.5 cm³/mol. The number of ether oxygens (including phenoxy) is 1. The fraction of sp³-hybridized carbons (Fsp3) is 0.364. The van der Waals surface area contributed by atoms with Gasteiger partial charge in [0.2, 0.25) is 0 Å². The van der Waals surface area contributed by atoms with Crippen molar-refractivity contribution in [2.24, 2.45) is 5.14 Å². The molecule has 0 aliphatic heterocycles. The third-order valence-corrected chi connectivity index (χ3v) is 3.47. The number of hydrogen-bond donors (Lipinski definition) is 1. The smallest absolute Gasteiger partial charge is 0.273 e. The van der Waals surface area contributed by atoms with Crippen molar-refractivity contribution in [3.8, 4) is 17.1 Å². The molecule has 0 amide bonds. The maximum absolute atomic E-state index is 11.5. The third-order valence-electron chi connectivity index (χ3n) is 2.66. The summed E-state index contributed by atoms with van der Waals surface area (Å²) in [5, 5.41) is 12.5. The molecule has 9 heteroatoms. The Morgan fingerprint density at radius 1 is 1.40 bits per heavy atom. The van der Waals surface area contributed by atoms with Crippen LogP contribution >= 0.6 is 0 Å². The summed E-state index contributed by atoms with van der Waals surface area (Å²) in [5.74, 6) is 0.869. The second-order valence-electron chi connectivity index (χ2n) is 4.08. The van der Waals surface area contributed by atoms with Crippen LogP contribution in [0.4, 0.5) is 0 Å². The van der Waals surface area contributed by atoms with Crippen LogP contribution in [0.1, 0.15) is 13.3 Å². The zero-order chi connectivity index (χ0) is 14.8. The van der Waals surface area contributed by atoms with Crippen LogP contribution in [0, 0.1) is 0 Å². The number of hydrogen-bond acceptors (Lipinski definition) is 6. The van der Waals surface area contributed by atoms with E-state index in [2.05, 4.69) is 15.2 Å². The predicted octanol–water partition coefficient (Wildman–Crippen LogP) is 0.406. The molecule has 2 aromatic rings. The van der Waals surface area contributed by atoms with Gasteiger partial charge in [0.1, 0.15) is 5.75 Å². The topological polar surface area (TPSA) is 113 Å². The van der Waals surface area contributed by atoms with Gasteiger partial charge in [0.25, 0.3) is 15.2 Å². The highest BCUT2D eigenvalue weighted by Crippen LogP contribution is 2.28. The minimum Gasteiger partial charge on any atom is -0.494 e. The first kappa shape index (κ1) is 14.4. The molecule has 108 valence electrons. The van der Waals surface area contributed by atoms with E-state index >= 15 is 0 Å². The normalized spacial score (nSPS) is 11.6. The van der Waals surface area contributed by atoms with E-state index in [-0.39, 0.29) is 5.16 Å². The Morgan fingerprint density at radius 3 is 2.75 bits per heavy atom. The highest BCUT2D eigenvalue weighted by Gasteiger charge is 2.23. The number of nitrogens with two attached hydrogens (primary N) is 1. The molecule has 2 rings (SSSR count). The maximum Gasteiger partial charge on any atom is 0.273 e. The molecule has 0 aromatic carbocycles. The van der Waals surface area contributed by atoms with Crippen molar-refractivity contribution in [3.05, 3.63) is 18.5 Å². The standard InChI is InChI=1S/C11H15N5O3S/c1-3-6-16-10(14-15-11(16)20(12,17)18)8-4-5-13-7-9(8)19-2/h4-5,7H,3,6H2,1-2H3,(H2,12,17,18). The Labute approximate surface area is 116 Å². The number of sulfonamides is 1. The van der Waals surface area contributed by atoms with E-state index in [0.717, 1.165) is 0 Å². The van der Waals surface area contributed by atoms with Crippen LogP contribution in [0.2, 0.25) is 0 Å². The number of nitrogens with zero attached hydrogens (tertiary/aromatic N) is 4. The molecule has 0 fully saturated rings. The van der Waals surface area contributed by atoms with Crippen molar-refractivity contribution in [2.75, 3.05) is 7.11 Å². The highest BCUT2D eigenvalue weighted by molar-refractivity contribution is 7.89. The molecule has 0 saturated heterocycles. The van der Waals surface area contributed by atoms with E-state index in [1.165, 1.54) is 17.9 Å². The minimum atomic E-state index is -3.93. The fourth-order valence-electron chi connectivity index (χ4n) is 1.85. The van der Waals surface area contributed by atoms with Crippen LogP contribution in [0.15, 0.2) is 23.6 Å². The summed E-state index contributed by atoms with van der Waals surface area (Å²) in [6.07, 6.45) is 3.80. The van der Waals surface area contributed by atoms with Crippen LogP contribution in [0.25, 0.3) is 11.4 Å². The Bertz CT molecular complexity index is 711. The van der Waals surface area contributed by atoms with Crippen LogP contribution in [0.3, 0.4) is 0 Å². The van der Waals surface area contributed by atoms with Crippen LogP contribution in [0.5, 0.6) is 5.75 Å². The van der Waals surface area contributed by atoms with Crippen LogP contribution in [-0.4, -0.2) is 35.3 Å². The summed E-state index contributed by atoms with van der Waals surface area (Å²) in [7, 11) is -2.43. The van der Waals surface area contributed by atoms with Gasteiger partial charge in [0.15, 0.2) is 5.82 Å². The molecule has 2 N–H and O–H groups in total. The van der Waals surface area contributed by atoms with Gasteiger partial charge in [-0.15, -0.1) is 10.2 Å². The van der Waals surface area contributed by atoms with Crippen molar-refractivity contribution in [3.63, 3.8) is 0 Å². The summed E-state index contributed by atoms with van der Waals surface area (Å²) in [6.45, 7) is 2.35. The molecule has 20 heavy (non-hydrogen) atoms. The number of aromatic nitrogens is 4. The lowest BCUT2D eigenvalue weighted by molar-refractivity contribution is 0.414. The second-order valence-corrected chi connectivity index (χ2v) is 5.53. The lowest BCUT2D eigenvalue weighted by Gasteiger charge is -2.10. The van der Waals surface area contributed by atoms with Gasteiger partial charge in [-0.3, -0.25) is 9.55 Å². The van der Waals surface area contributed by atoms with Crippen molar-refractivity contribution in [2.45, 2.75) is 25.0 Å². The molecule has 0 atom stereocenters. The van der Waals surface area contributed by atoms with Gasteiger partial charge < -0.3 is 4.74 Å². The second kappa shape index (κ2) is 5.55. The Kier molecular flexibility index (Phi) is 4.00. The number of primary sulfonamides is 1. The van der Waals surface area contributed by atoms with Gasteiger partial charge in [-0.25, -0.2) is 13.6 Å². The molecule has 0 spiro atoms. The van der Waals surface area contributed by atoms with Crippen molar-refractivity contribution >= 4 is 10.0 Å². The third kappa shape index (κ3) is 2.63.